The van der Waals surface area contributed by atoms with Crippen molar-refractivity contribution in [2.24, 2.45) is 5.73 Å². The maximum Gasteiger partial charge on any atom is 0.144 e. The summed E-state index contributed by atoms with van der Waals surface area (Å²) in [6, 6.07) is -0.0176. The third-order valence-corrected chi connectivity index (χ3v) is 4.20. The number of rotatable bonds is 3. The highest BCUT2D eigenvalue weighted by atomic mass is 32.2. The average Bonchev–Trinajstić information content (AvgIpc) is 2.39. The molecule has 1 aromatic rings. The van der Waals surface area contributed by atoms with Crippen LogP contribution in [0.15, 0.2) is 12.4 Å². The summed E-state index contributed by atoms with van der Waals surface area (Å²) >= 11 is 2.04. The molecule has 3 nitrogen and oxygen atoms in total. The largest absolute Gasteiger partial charge is 0.321 e. The number of aromatic nitrogens is 2. The molecule has 1 aliphatic heterocycles. The molecule has 0 bridgehead atoms. The van der Waals surface area contributed by atoms with Crippen LogP contribution >= 0.6 is 11.8 Å². The van der Waals surface area contributed by atoms with E-state index in [0.29, 0.717) is 5.92 Å². The van der Waals surface area contributed by atoms with Gasteiger partial charge in [0.15, 0.2) is 0 Å². The SMILES string of the molecule is CCC(N)c1ncc(C2CCSCC2)cn1. The highest BCUT2D eigenvalue weighted by Crippen LogP contribution is 2.30. The fourth-order valence-electron chi connectivity index (χ4n) is 1.96. The molecule has 1 saturated heterocycles. The van der Waals surface area contributed by atoms with Crippen LogP contribution in [0.25, 0.3) is 0 Å². The lowest BCUT2D eigenvalue weighted by Crippen LogP contribution is -2.14. The van der Waals surface area contributed by atoms with Crippen molar-refractivity contribution in [3.05, 3.63) is 23.8 Å². The Bertz CT molecular complexity index is 320. The Balaban J connectivity index is 2.06. The third-order valence-electron chi connectivity index (χ3n) is 3.16. The lowest BCUT2D eigenvalue weighted by Gasteiger charge is -2.21. The lowest BCUT2D eigenvalue weighted by molar-refractivity contribution is 0.614. The van der Waals surface area contributed by atoms with Gasteiger partial charge in [0.1, 0.15) is 5.82 Å². The second-order valence-corrected chi connectivity index (χ2v) is 5.50. The van der Waals surface area contributed by atoms with Gasteiger partial charge in [0, 0.05) is 12.4 Å². The molecule has 88 valence electrons. The van der Waals surface area contributed by atoms with Gasteiger partial charge in [-0.15, -0.1) is 0 Å². The van der Waals surface area contributed by atoms with Crippen molar-refractivity contribution in [3.63, 3.8) is 0 Å². The Labute approximate surface area is 101 Å². The summed E-state index contributed by atoms with van der Waals surface area (Å²) in [7, 11) is 0. The van der Waals surface area contributed by atoms with E-state index in [9.17, 15) is 0 Å². The summed E-state index contributed by atoms with van der Waals surface area (Å²) in [6.45, 7) is 2.06. The van der Waals surface area contributed by atoms with Gasteiger partial charge in [-0.2, -0.15) is 11.8 Å². The van der Waals surface area contributed by atoms with Crippen molar-refractivity contribution in [1.82, 2.24) is 9.97 Å². The number of nitrogens with two attached hydrogens (primary N) is 1. The number of hydrogen-bond acceptors (Lipinski definition) is 4. The van der Waals surface area contributed by atoms with E-state index in [1.54, 1.807) is 0 Å². The second-order valence-electron chi connectivity index (χ2n) is 4.28. The van der Waals surface area contributed by atoms with Crippen LogP contribution in [0.3, 0.4) is 0 Å². The molecule has 2 rings (SSSR count). The lowest BCUT2D eigenvalue weighted by atomic mass is 9.96. The quantitative estimate of drug-likeness (QED) is 0.877. The molecule has 1 fully saturated rings. The van der Waals surface area contributed by atoms with Crippen molar-refractivity contribution in [2.75, 3.05) is 11.5 Å². The zero-order chi connectivity index (χ0) is 11.4. The van der Waals surface area contributed by atoms with Gasteiger partial charge in [-0.1, -0.05) is 6.92 Å². The third kappa shape index (κ3) is 2.74. The van der Waals surface area contributed by atoms with Crippen LogP contribution < -0.4 is 5.73 Å². The van der Waals surface area contributed by atoms with Gasteiger partial charge in [0.05, 0.1) is 6.04 Å². The topological polar surface area (TPSA) is 51.8 Å². The Morgan fingerprint density at radius 1 is 1.38 bits per heavy atom. The van der Waals surface area contributed by atoms with Crippen molar-refractivity contribution in [1.29, 1.82) is 0 Å². The number of thioether (sulfide) groups is 1. The van der Waals surface area contributed by atoms with Crippen LogP contribution in [-0.4, -0.2) is 21.5 Å². The van der Waals surface area contributed by atoms with Gasteiger partial charge in [-0.3, -0.25) is 0 Å². The number of hydrogen-bond donors (Lipinski definition) is 1. The second kappa shape index (κ2) is 5.64. The van der Waals surface area contributed by atoms with E-state index in [2.05, 4.69) is 16.9 Å². The Kier molecular flexibility index (Phi) is 4.18. The van der Waals surface area contributed by atoms with Crippen molar-refractivity contribution >= 4 is 11.8 Å². The molecule has 4 heteroatoms. The molecule has 0 amide bonds. The van der Waals surface area contributed by atoms with E-state index in [-0.39, 0.29) is 6.04 Å². The summed E-state index contributed by atoms with van der Waals surface area (Å²) in [4.78, 5) is 8.76. The molecule has 16 heavy (non-hydrogen) atoms. The minimum atomic E-state index is -0.0176. The van der Waals surface area contributed by atoms with Gasteiger partial charge in [-0.25, -0.2) is 9.97 Å². The smallest absolute Gasteiger partial charge is 0.144 e. The molecular weight excluding hydrogens is 218 g/mol. The maximum absolute atomic E-state index is 5.89. The standard InChI is InChI=1S/C12H19N3S/c1-2-11(13)12-14-7-10(8-15-12)9-3-5-16-6-4-9/h7-9,11H,2-6,13H2,1H3. The number of nitrogens with zero attached hydrogens (tertiary/aromatic N) is 2. The van der Waals surface area contributed by atoms with Gasteiger partial charge in [0.2, 0.25) is 0 Å². The summed E-state index contributed by atoms with van der Waals surface area (Å²) in [5.74, 6) is 3.96. The van der Waals surface area contributed by atoms with Crippen molar-refractivity contribution in [3.8, 4) is 0 Å². The molecule has 2 heterocycles. The van der Waals surface area contributed by atoms with Crippen molar-refractivity contribution in [2.45, 2.75) is 38.1 Å². The maximum atomic E-state index is 5.89. The highest BCUT2D eigenvalue weighted by molar-refractivity contribution is 7.99. The van der Waals surface area contributed by atoms with E-state index < -0.39 is 0 Å². The molecule has 0 saturated carbocycles. The molecule has 0 aliphatic carbocycles. The van der Waals surface area contributed by atoms with E-state index in [1.807, 2.05) is 24.2 Å². The van der Waals surface area contributed by atoms with Crippen molar-refractivity contribution < 1.29 is 0 Å². The van der Waals surface area contributed by atoms with E-state index >= 15 is 0 Å². The molecule has 2 N–H and O–H groups in total. The molecule has 1 aliphatic rings. The molecule has 0 spiro atoms. The van der Waals surface area contributed by atoms with Gasteiger partial charge in [-0.05, 0) is 42.2 Å². The summed E-state index contributed by atoms with van der Waals surface area (Å²) in [5.41, 5.74) is 7.18. The summed E-state index contributed by atoms with van der Waals surface area (Å²) in [5, 5.41) is 0. The monoisotopic (exact) mass is 237 g/mol. The Hall–Kier alpha value is -0.610. The zero-order valence-electron chi connectivity index (χ0n) is 9.72. The Morgan fingerprint density at radius 2 is 2.00 bits per heavy atom. The molecular formula is C12H19N3S. The van der Waals surface area contributed by atoms with Gasteiger partial charge >= 0.3 is 0 Å². The first kappa shape index (κ1) is 11.9. The van der Waals surface area contributed by atoms with Crippen LogP contribution in [0.2, 0.25) is 0 Å². The molecule has 1 unspecified atom stereocenters. The highest BCUT2D eigenvalue weighted by Gasteiger charge is 2.17. The van der Waals surface area contributed by atoms with Crippen LogP contribution in [0.4, 0.5) is 0 Å². The van der Waals surface area contributed by atoms with Crippen LogP contribution in [-0.2, 0) is 0 Å². The predicted octanol–water partition coefficient (Wildman–Crippen LogP) is 2.50. The molecule has 1 atom stereocenters. The predicted molar refractivity (Wildman–Crippen MR) is 68.6 cm³/mol. The minimum absolute atomic E-state index is 0.0176. The zero-order valence-corrected chi connectivity index (χ0v) is 10.5. The summed E-state index contributed by atoms with van der Waals surface area (Å²) in [6.07, 6.45) is 7.34. The minimum Gasteiger partial charge on any atom is -0.321 e. The molecule has 0 radical (unpaired) electrons. The Morgan fingerprint density at radius 3 is 2.56 bits per heavy atom. The van der Waals surface area contributed by atoms with Gasteiger partial charge < -0.3 is 5.73 Å². The molecule has 1 aromatic heterocycles. The van der Waals surface area contributed by atoms with E-state index in [4.69, 9.17) is 5.73 Å². The fourth-order valence-corrected chi connectivity index (χ4v) is 3.07. The van der Waals surface area contributed by atoms with Crippen LogP contribution in [0.1, 0.15) is 49.5 Å². The van der Waals surface area contributed by atoms with Gasteiger partial charge in [0.25, 0.3) is 0 Å². The van der Waals surface area contributed by atoms with Crippen LogP contribution in [0.5, 0.6) is 0 Å². The first-order chi connectivity index (χ1) is 7.81. The summed E-state index contributed by atoms with van der Waals surface area (Å²) < 4.78 is 0. The fraction of sp³-hybridized carbons (Fsp3) is 0.667. The first-order valence-electron chi connectivity index (χ1n) is 5.96. The van der Waals surface area contributed by atoms with E-state index in [0.717, 1.165) is 12.2 Å². The average molecular weight is 237 g/mol. The normalized spacial score (nSPS) is 19.6. The first-order valence-corrected chi connectivity index (χ1v) is 7.12. The molecule has 0 aromatic carbocycles. The van der Waals surface area contributed by atoms with Crippen LogP contribution in [0, 0.1) is 0 Å². The van der Waals surface area contributed by atoms with E-state index in [1.165, 1.54) is 29.9 Å².